The fourth-order valence-corrected chi connectivity index (χ4v) is 3.43. The van der Waals surface area contributed by atoms with Crippen molar-refractivity contribution in [2.45, 2.75) is 0 Å². The van der Waals surface area contributed by atoms with Crippen molar-refractivity contribution in [3.05, 3.63) is 97.6 Å². The molecule has 0 radical (unpaired) electrons. The Labute approximate surface area is 168 Å². The third-order valence-corrected chi connectivity index (χ3v) is 4.80. The summed E-state index contributed by atoms with van der Waals surface area (Å²) in [6, 6.07) is 25.9. The quantitative estimate of drug-likeness (QED) is 0.425. The lowest BCUT2D eigenvalue weighted by atomic mass is 10.2. The first-order chi connectivity index (χ1) is 14.3. The predicted octanol–water partition coefficient (Wildman–Crippen LogP) is 4.70. The summed E-state index contributed by atoms with van der Waals surface area (Å²) in [4.78, 5) is 8.76. The van der Waals surface area contributed by atoms with Crippen LogP contribution in [-0.2, 0) is 7.05 Å². The summed E-state index contributed by atoms with van der Waals surface area (Å²) in [5.41, 5.74) is 4.96. The largest absolute Gasteiger partial charge is 0.457 e. The van der Waals surface area contributed by atoms with Gasteiger partial charge in [-0.05, 0) is 42.5 Å². The second-order valence-electron chi connectivity index (χ2n) is 6.78. The van der Waals surface area contributed by atoms with E-state index in [-0.39, 0.29) is 0 Å². The molecule has 0 saturated carbocycles. The van der Waals surface area contributed by atoms with Crippen LogP contribution >= 0.6 is 0 Å². The average Bonchev–Trinajstić information content (AvgIpc) is 3.12. The number of aryl methyl sites for hydroxylation is 1. The highest BCUT2D eigenvalue weighted by Crippen LogP contribution is 2.27. The number of ether oxygens (including phenoxy) is 1. The van der Waals surface area contributed by atoms with E-state index in [0.29, 0.717) is 0 Å². The van der Waals surface area contributed by atoms with Gasteiger partial charge in [-0.2, -0.15) is 4.57 Å². The van der Waals surface area contributed by atoms with Gasteiger partial charge in [0.25, 0.3) is 0 Å². The lowest BCUT2D eigenvalue weighted by Gasteiger charge is -2.08. The first-order valence-electron chi connectivity index (χ1n) is 9.39. The molecule has 0 saturated heterocycles. The van der Waals surface area contributed by atoms with E-state index in [0.717, 1.165) is 34.1 Å². The number of hydrogen-bond acceptors (Lipinski definition) is 3. The van der Waals surface area contributed by atoms with Gasteiger partial charge >= 0.3 is 0 Å². The van der Waals surface area contributed by atoms with E-state index < -0.39 is 0 Å². The summed E-state index contributed by atoms with van der Waals surface area (Å²) in [5, 5.41) is 0. The highest BCUT2D eigenvalue weighted by molar-refractivity contribution is 5.74. The lowest BCUT2D eigenvalue weighted by Crippen LogP contribution is -2.25. The van der Waals surface area contributed by atoms with Crippen LogP contribution in [-0.4, -0.2) is 14.5 Å². The SMILES string of the molecule is C[n+]1cn(-c2cccc(Oc3ccnc(-c4ccccn4)c3)c2)c2ccccc21. The number of hydrogen-bond donors (Lipinski definition) is 0. The number of benzene rings is 2. The maximum atomic E-state index is 6.13. The highest BCUT2D eigenvalue weighted by atomic mass is 16.5. The van der Waals surface area contributed by atoms with Crippen molar-refractivity contribution < 1.29 is 9.30 Å². The maximum absolute atomic E-state index is 6.13. The molecule has 5 rings (SSSR count). The molecule has 0 aliphatic carbocycles. The Balaban J connectivity index is 1.48. The van der Waals surface area contributed by atoms with Gasteiger partial charge in [0.1, 0.15) is 17.2 Å². The molecule has 0 spiro atoms. The molecular weight excluding hydrogens is 360 g/mol. The summed E-state index contributed by atoms with van der Waals surface area (Å²) >= 11 is 0. The third kappa shape index (κ3) is 3.34. The standard InChI is InChI=1S/C24H19N4O/c1-27-17-28(24-11-3-2-10-23(24)27)18-7-6-8-19(15-18)29-20-12-14-26-22(16-20)21-9-4-5-13-25-21/h2-17H,1H3/q+1. The van der Waals surface area contributed by atoms with Crippen molar-refractivity contribution in [3.63, 3.8) is 0 Å². The van der Waals surface area contributed by atoms with Crippen LogP contribution in [0.25, 0.3) is 28.1 Å². The van der Waals surface area contributed by atoms with Crippen LogP contribution in [0.15, 0.2) is 97.6 Å². The van der Waals surface area contributed by atoms with Crippen LogP contribution in [0.2, 0.25) is 0 Å². The van der Waals surface area contributed by atoms with E-state index in [4.69, 9.17) is 4.74 Å². The monoisotopic (exact) mass is 379 g/mol. The number of nitrogens with zero attached hydrogens (tertiary/aromatic N) is 4. The molecule has 0 unspecified atom stereocenters. The Bertz CT molecular complexity index is 1290. The Hall–Kier alpha value is -3.99. The van der Waals surface area contributed by atoms with Crippen molar-refractivity contribution in [2.24, 2.45) is 7.05 Å². The molecular formula is C24H19N4O+. The summed E-state index contributed by atoms with van der Waals surface area (Å²) < 4.78 is 10.4. The first-order valence-corrected chi connectivity index (χ1v) is 9.39. The van der Waals surface area contributed by atoms with Crippen molar-refractivity contribution in [1.29, 1.82) is 0 Å². The fourth-order valence-electron chi connectivity index (χ4n) is 3.43. The summed E-state index contributed by atoms with van der Waals surface area (Å²) in [7, 11) is 2.05. The number of rotatable bonds is 4. The summed E-state index contributed by atoms with van der Waals surface area (Å²) in [5.74, 6) is 1.49. The van der Waals surface area contributed by atoms with E-state index in [1.807, 2.05) is 48.5 Å². The summed E-state index contributed by atoms with van der Waals surface area (Å²) in [6.07, 6.45) is 5.58. The summed E-state index contributed by atoms with van der Waals surface area (Å²) in [6.45, 7) is 0. The highest BCUT2D eigenvalue weighted by Gasteiger charge is 2.15. The molecule has 140 valence electrons. The van der Waals surface area contributed by atoms with Crippen LogP contribution in [0.1, 0.15) is 0 Å². The van der Waals surface area contributed by atoms with Crippen LogP contribution in [0.5, 0.6) is 11.5 Å². The molecule has 0 fully saturated rings. The minimum atomic E-state index is 0.723. The number of imidazole rings is 1. The van der Waals surface area contributed by atoms with Gasteiger partial charge in [0.05, 0.1) is 18.4 Å². The van der Waals surface area contributed by atoms with E-state index in [1.165, 1.54) is 5.52 Å². The van der Waals surface area contributed by atoms with E-state index in [1.54, 1.807) is 12.4 Å². The van der Waals surface area contributed by atoms with Gasteiger partial charge in [0, 0.05) is 24.5 Å². The predicted molar refractivity (Wildman–Crippen MR) is 112 cm³/mol. The molecule has 3 heterocycles. The van der Waals surface area contributed by atoms with Crippen LogP contribution in [0, 0.1) is 0 Å². The topological polar surface area (TPSA) is 43.8 Å². The molecule has 0 atom stereocenters. The molecule has 2 aromatic carbocycles. The average molecular weight is 379 g/mol. The minimum Gasteiger partial charge on any atom is -0.457 e. The molecule has 0 aliphatic rings. The minimum absolute atomic E-state index is 0.723. The van der Waals surface area contributed by atoms with Gasteiger partial charge in [-0.15, -0.1) is 0 Å². The van der Waals surface area contributed by atoms with Crippen molar-refractivity contribution in [2.75, 3.05) is 0 Å². The zero-order valence-corrected chi connectivity index (χ0v) is 15.9. The van der Waals surface area contributed by atoms with E-state index in [9.17, 15) is 0 Å². The molecule has 0 N–H and O–H groups in total. The molecule has 0 amide bonds. The van der Waals surface area contributed by atoms with Crippen molar-refractivity contribution in [1.82, 2.24) is 14.5 Å². The second kappa shape index (κ2) is 7.20. The molecule has 5 heteroatoms. The van der Waals surface area contributed by atoms with Crippen LogP contribution in [0.3, 0.4) is 0 Å². The van der Waals surface area contributed by atoms with Gasteiger partial charge in [-0.25, -0.2) is 4.57 Å². The molecule has 29 heavy (non-hydrogen) atoms. The number of fused-ring (bicyclic) bond motifs is 1. The Morgan fingerprint density at radius 3 is 2.48 bits per heavy atom. The van der Waals surface area contributed by atoms with E-state index >= 15 is 0 Å². The smallest absolute Gasteiger partial charge is 0.249 e. The molecule has 0 aliphatic heterocycles. The van der Waals surface area contributed by atoms with E-state index in [2.05, 4.69) is 62.8 Å². The molecule has 0 bridgehead atoms. The van der Waals surface area contributed by atoms with Crippen LogP contribution < -0.4 is 9.30 Å². The molecule has 5 aromatic rings. The number of pyridine rings is 2. The normalized spacial score (nSPS) is 10.9. The maximum Gasteiger partial charge on any atom is 0.249 e. The van der Waals surface area contributed by atoms with Gasteiger partial charge < -0.3 is 4.74 Å². The van der Waals surface area contributed by atoms with Crippen LogP contribution in [0.4, 0.5) is 0 Å². The lowest BCUT2D eigenvalue weighted by molar-refractivity contribution is -0.645. The van der Waals surface area contributed by atoms with Gasteiger partial charge in [0.2, 0.25) is 6.33 Å². The Morgan fingerprint density at radius 1 is 0.759 bits per heavy atom. The molecule has 3 aromatic heterocycles. The van der Waals surface area contributed by atoms with Crippen molar-refractivity contribution >= 4 is 11.0 Å². The first kappa shape index (κ1) is 17.1. The second-order valence-corrected chi connectivity index (χ2v) is 6.78. The third-order valence-electron chi connectivity index (χ3n) is 4.80. The Morgan fingerprint density at radius 2 is 1.59 bits per heavy atom. The van der Waals surface area contributed by atoms with Gasteiger partial charge in [-0.1, -0.05) is 24.3 Å². The van der Waals surface area contributed by atoms with Gasteiger partial charge in [0.15, 0.2) is 11.0 Å². The Kier molecular flexibility index (Phi) is 4.26. The zero-order valence-electron chi connectivity index (χ0n) is 15.9. The number of para-hydroxylation sites is 2. The zero-order chi connectivity index (χ0) is 19.6. The number of aromatic nitrogens is 4. The fraction of sp³-hybridized carbons (Fsp3) is 0.0417. The molecule has 5 nitrogen and oxygen atoms in total. The van der Waals surface area contributed by atoms with Crippen molar-refractivity contribution in [3.8, 4) is 28.6 Å². The van der Waals surface area contributed by atoms with Gasteiger partial charge in [-0.3, -0.25) is 9.97 Å².